The van der Waals surface area contributed by atoms with Crippen LogP contribution >= 0.6 is 0 Å². The van der Waals surface area contributed by atoms with Crippen molar-refractivity contribution in [3.8, 4) is 11.3 Å². The molecule has 0 aliphatic carbocycles. The monoisotopic (exact) mass is 318 g/mol. The number of hydrogen-bond donors (Lipinski definition) is 3. The molecule has 0 unspecified atom stereocenters. The summed E-state index contributed by atoms with van der Waals surface area (Å²) in [6.07, 6.45) is 6.72. The smallest absolute Gasteiger partial charge is 0.222 e. The Balaban J connectivity index is 1.70. The average Bonchev–Trinajstić information content (AvgIpc) is 3.14. The van der Waals surface area contributed by atoms with Crippen LogP contribution in [0, 0.1) is 0 Å². The van der Waals surface area contributed by atoms with Gasteiger partial charge in [0, 0.05) is 41.6 Å². The summed E-state index contributed by atoms with van der Waals surface area (Å²) >= 11 is 0. The minimum atomic E-state index is 0.219. The first kappa shape index (κ1) is 14.1. The molecule has 0 radical (unpaired) electrons. The summed E-state index contributed by atoms with van der Waals surface area (Å²) in [6, 6.07) is 7.82. The van der Waals surface area contributed by atoms with E-state index >= 15 is 0 Å². The molecule has 0 amide bonds. The van der Waals surface area contributed by atoms with Crippen LogP contribution in [0.5, 0.6) is 0 Å². The second-order valence-electron chi connectivity index (χ2n) is 5.23. The number of benzene rings is 1. The Morgan fingerprint density at radius 3 is 2.75 bits per heavy atom. The third-order valence-electron chi connectivity index (χ3n) is 3.60. The summed E-state index contributed by atoms with van der Waals surface area (Å²) in [5.41, 5.74) is 9.48. The number of nitrogens with zero attached hydrogens (tertiary/aromatic N) is 5. The van der Waals surface area contributed by atoms with Crippen molar-refractivity contribution in [2.75, 3.05) is 11.1 Å². The number of aromatic nitrogens is 6. The predicted molar refractivity (Wildman–Crippen MR) is 90.9 cm³/mol. The zero-order chi connectivity index (χ0) is 16.4. The van der Waals surface area contributed by atoms with Gasteiger partial charge < -0.3 is 11.1 Å². The van der Waals surface area contributed by atoms with E-state index in [9.17, 15) is 0 Å². The number of nitrogen functional groups attached to an aromatic ring is 1. The number of H-pyrrole nitrogens is 1. The van der Waals surface area contributed by atoms with Gasteiger partial charge >= 0.3 is 0 Å². The molecule has 0 saturated heterocycles. The Morgan fingerprint density at radius 2 is 1.96 bits per heavy atom. The molecule has 4 rings (SSSR count). The van der Waals surface area contributed by atoms with Gasteiger partial charge in [-0.05, 0) is 18.2 Å². The van der Waals surface area contributed by atoms with Crippen LogP contribution in [0.4, 0.5) is 11.8 Å². The molecule has 0 atom stereocenters. The molecule has 8 nitrogen and oxygen atoms in total. The highest BCUT2D eigenvalue weighted by Gasteiger charge is 2.08. The maximum absolute atomic E-state index is 5.86. The SMILES string of the molecule is Nc1nc(NCc2cncnc2)c2ccc(-c3ccn[nH]3)cc2n1. The normalized spacial score (nSPS) is 10.8. The number of fused-ring (bicyclic) bond motifs is 1. The van der Waals surface area contributed by atoms with Gasteiger partial charge in [0.25, 0.3) is 0 Å². The molecule has 3 heterocycles. The lowest BCUT2D eigenvalue weighted by atomic mass is 10.1. The first-order valence-corrected chi connectivity index (χ1v) is 7.34. The Hall–Kier alpha value is -3.55. The summed E-state index contributed by atoms with van der Waals surface area (Å²) in [7, 11) is 0. The highest BCUT2D eigenvalue weighted by Crippen LogP contribution is 2.26. The summed E-state index contributed by atoms with van der Waals surface area (Å²) in [4.78, 5) is 16.6. The molecule has 1 aromatic carbocycles. The lowest BCUT2D eigenvalue weighted by Crippen LogP contribution is -2.06. The average molecular weight is 318 g/mol. The van der Waals surface area contributed by atoms with Crippen LogP contribution in [0.2, 0.25) is 0 Å². The van der Waals surface area contributed by atoms with E-state index in [0.29, 0.717) is 12.4 Å². The van der Waals surface area contributed by atoms with Crippen molar-refractivity contribution >= 4 is 22.7 Å². The zero-order valence-corrected chi connectivity index (χ0v) is 12.6. The predicted octanol–water partition coefficient (Wildman–Crippen LogP) is 2.00. The zero-order valence-electron chi connectivity index (χ0n) is 12.6. The maximum atomic E-state index is 5.86. The van der Waals surface area contributed by atoms with E-state index in [1.165, 1.54) is 6.33 Å². The quantitative estimate of drug-likeness (QED) is 0.526. The summed E-state index contributed by atoms with van der Waals surface area (Å²) in [5, 5.41) is 11.1. The Morgan fingerprint density at radius 1 is 1.08 bits per heavy atom. The summed E-state index contributed by atoms with van der Waals surface area (Å²) in [6.45, 7) is 0.550. The number of hydrogen-bond acceptors (Lipinski definition) is 7. The molecule has 3 aromatic heterocycles. The lowest BCUT2D eigenvalue weighted by molar-refractivity contribution is 1.04. The molecule has 8 heteroatoms. The number of anilines is 2. The molecular weight excluding hydrogens is 304 g/mol. The molecule has 0 saturated carbocycles. The Kier molecular flexibility index (Phi) is 3.47. The number of nitrogens with one attached hydrogen (secondary N) is 2. The van der Waals surface area contributed by atoms with Gasteiger partial charge in [0.1, 0.15) is 12.1 Å². The third kappa shape index (κ3) is 2.72. The van der Waals surface area contributed by atoms with Gasteiger partial charge in [0.05, 0.1) is 11.2 Å². The van der Waals surface area contributed by atoms with E-state index in [0.717, 1.165) is 27.7 Å². The molecule has 0 fully saturated rings. The summed E-state index contributed by atoms with van der Waals surface area (Å²) in [5.74, 6) is 0.897. The van der Waals surface area contributed by atoms with E-state index in [4.69, 9.17) is 5.73 Å². The molecule has 0 spiro atoms. The first-order chi connectivity index (χ1) is 11.8. The van der Waals surface area contributed by atoms with Crippen LogP contribution in [0.15, 0.2) is 49.2 Å². The van der Waals surface area contributed by atoms with Gasteiger partial charge in [0.15, 0.2) is 0 Å². The third-order valence-corrected chi connectivity index (χ3v) is 3.60. The van der Waals surface area contributed by atoms with Gasteiger partial charge in [-0.25, -0.2) is 15.0 Å². The molecule has 24 heavy (non-hydrogen) atoms. The van der Waals surface area contributed by atoms with Crippen LogP contribution in [-0.4, -0.2) is 30.1 Å². The molecule has 4 aromatic rings. The van der Waals surface area contributed by atoms with Crippen molar-refractivity contribution in [3.63, 3.8) is 0 Å². The molecule has 0 bridgehead atoms. The highest BCUT2D eigenvalue weighted by atomic mass is 15.1. The van der Waals surface area contributed by atoms with Crippen molar-refractivity contribution < 1.29 is 0 Å². The van der Waals surface area contributed by atoms with Crippen LogP contribution in [0.25, 0.3) is 22.2 Å². The van der Waals surface area contributed by atoms with Crippen LogP contribution in [-0.2, 0) is 6.54 Å². The van der Waals surface area contributed by atoms with Crippen molar-refractivity contribution in [3.05, 3.63) is 54.7 Å². The largest absolute Gasteiger partial charge is 0.368 e. The molecule has 0 aliphatic rings. The number of nitrogens with two attached hydrogens (primary N) is 1. The van der Waals surface area contributed by atoms with E-state index in [-0.39, 0.29) is 5.95 Å². The first-order valence-electron chi connectivity index (χ1n) is 7.34. The van der Waals surface area contributed by atoms with E-state index in [1.54, 1.807) is 18.6 Å². The second-order valence-corrected chi connectivity index (χ2v) is 5.23. The van der Waals surface area contributed by atoms with E-state index in [2.05, 4.69) is 35.5 Å². The second kappa shape index (κ2) is 5.92. The molecule has 0 aliphatic heterocycles. The summed E-state index contributed by atoms with van der Waals surface area (Å²) < 4.78 is 0. The number of aromatic amines is 1. The van der Waals surface area contributed by atoms with Crippen LogP contribution in [0.3, 0.4) is 0 Å². The van der Waals surface area contributed by atoms with Crippen molar-refractivity contribution in [2.45, 2.75) is 6.54 Å². The maximum Gasteiger partial charge on any atom is 0.222 e. The Labute approximate surface area is 137 Å². The fraction of sp³-hybridized carbons (Fsp3) is 0.0625. The van der Waals surface area contributed by atoms with E-state index < -0.39 is 0 Å². The van der Waals surface area contributed by atoms with Crippen molar-refractivity contribution in [1.29, 1.82) is 0 Å². The molecule has 118 valence electrons. The van der Waals surface area contributed by atoms with Crippen LogP contribution < -0.4 is 11.1 Å². The van der Waals surface area contributed by atoms with Crippen molar-refractivity contribution in [2.24, 2.45) is 0 Å². The standard InChI is InChI=1S/C16H14N8/c17-16-22-14-5-11(13-3-4-21-24-13)1-2-12(14)15(23-16)20-8-10-6-18-9-19-7-10/h1-7,9H,8H2,(H,21,24)(H3,17,20,22,23). The van der Waals surface area contributed by atoms with Gasteiger partial charge in [-0.1, -0.05) is 6.07 Å². The van der Waals surface area contributed by atoms with Gasteiger partial charge in [-0.2, -0.15) is 10.1 Å². The lowest BCUT2D eigenvalue weighted by Gasteiger charge is -2.10. The Bertz CT molecular complexity index is 966. The minimum absolute atomic E-state index is 0.219. The van der Waals surface area contributed by atoms with E-state index in [1.807, 2.05) is 24.3 Å². The minimum Gasteiger partial charge on any atom is -0.368 e. The highest BCUT2D eigenvalue weighted by molar-refractivity contribution is 5.92. The van der Waals surface area contributed by atoms with Crippen molar-refractivity contribution in [1.82, 2.24) is 30.1 Å². The van der Waals surface area contributed by atoms with Crippen LogP contribution in [0.1, 0.15) is 5.56 Å². The number of rotatable bonds is 4. The fourth-order valence-corrected chi connectivity index (χ4v) is 2.47. The van der Waals surface area contributed by atoms with Gasteiger partial charge in [0.2, 0.25) is 5.95 Å². The molecular formula is C16H14N8. The fourth-order valence-electron chi connectivity index (χ4n) is 2.47. The van der Waals surface area contributed by atoms with Gasteiger partial charge in [-0.3, -0.25) is 5.10 Å². The topological polar surface area (TPSA) is 118 Å². The van der Waals surface area contributed by atoms with Gasteiger partial charge in [-0.15, -0.1) is 0 Å². The molecule has 4 N–H and O–H groups in total.